The van der Waals surface area contributed by atoms with Gasteiger partial charge in [0.15, 0.2) is 0 Å². The largest absolute Gasteiger partial charge is 0.444 e. The van der Waals surface area contributed by atoms with Gasteiger partial charge in [-0.1, -0.05) is 0 Å². The van der Waals surface area contributed by atoms with Crippen molar-refractivity contribution in [1.29, 1.82) is 5.26 Å². The number of ether oxygens (including phenoxy) is 1. The summed E-state index contributed by atoms with van der Waals surface area (Å²) in [7, 11) is 0. The first-order chi connectivity index (χ1) is 7.82. The standard InChI is InChI=1S/C12H20N2O3/c1-11(2,3)17-10(16)14-6-4-5-12(7-13,8-14)9-15/h15H,4-6,8-9H2,1-3H3. The van der Waals surface area contributed by atoms with Crippen molar-refractivity contribution in [3.63, 3.8) is 0 Å². The summed E-state index contributed by atoms with van der Waals surface area (Å²) in [6.07, 6.45) is 0.928. The first-order valence-corrected chi connectivity index (χ1v) is 5.82. The molecule has 1 amide bonds. The van der Waals surface area contributed by atoms with Crippen molar-refractivity contribution in [2.75, 3.05) is 19.7 Å². The molecule has 0 aromatic heterocycles. The topological polar surface area (TPSA) is 73.6 Å². The number of hydrogen-bond acceptors (Lipinski definition) is 4. The summed E-state index contributed by atoms with van der Waals surface area (Å²) < 4.78 is 5.26. The van der Waals surface area contributed by atoms with Crippen LogP contribution in [-0.4, -0.2) is 41.4 Å². The molecule has 0 radical (unpaired) electrons. The third kappa shape index (κ3) is 3.60. The number of aliphatic hydroxyl groups excluding tert-OH is 1. The molecule has 5 nitrogen and oxygen atoms in total. The molecule has 1 aliphatic heterocycles. The van der Waals surface area contributed by atoms with Crippen LogP contribution in [0.1, 0.15) is 33.6 Å². The lowest BCUT2D eigenvalue weighted by atomic mass is 9.82. The highest BCUT2D eigenvalue weighted by molar-refractivity contribution is 5.68. The molecule has 17 heavy (non-hydrogen) atoms. The van der Waals surface area contributed by atoms with Crippen molar-refractivity contribution >= 4 is 6.09 Å². The van der Waals surface area contributed by atoms with E-state index in [1.807, 2.05) is 0 Å². The van der Waals surface area contributed by atoms with E-state index in [1.165, 1.54) is 4.90 Å². The Balaban J connectivity index is 2.68. The van der Waals surface area contributed by atoms with Crippen molar-refractivity contribution in [2.24, 2.45) is 5.41 Å². The van der Waals surface area contributed by atoms with Crippen LogP contribution in [0.25, 0.3) is 0 Å². The monoisotopic (exact) mass is 240 g/mol. The Bertz CT molecular complexity index is 330. The molecule has 1 atom stereocenters. The van der Waals surface area contributed by atoms with Gasteiger partial charge in [0.05, 0.1) is 18.1 Å². The molecule has 0 bridgehead atoms. The van der Waals surface area contributed by atoms with E-state index in [0.29, 0.717) is 19.4 Å². The highest BCUT2D eigenvalue weighted by Crippen LogP contribution is 2.29. The lowest BCUT2D eigenvalue weighted by molar-refractivity contribution is 0.00423. The maximum absolute atomic E-state index is 11.8. The number of rotatable bonds is 1. The molecule has 0 spiro atoms. The third-order valence-corrected chi connectivity index (χ3v) is 2.77. The van der Waals surface area contributed by atoms with Crippen LogP contribution in [-0.2, 0) is 4.74 Å². The van der Waals surface area contributed by atoms with Crippen molar-refractivity contribution in [1.82, 2.24) is 4.90 Å². The van der Waals surface area contributed by atoms with Crippen LogP contribution in [0.15, 0.2) is 0 Å². The van der Waals surface area contributed by atoms with Crippen LogP contribution in [0, 0.1) is 16.7 Å². The van der Waals surface area contributed by atoms with Crippen molar-refractivity contribution in [3.8, 4) is 6.07 Å². The lowest BCUT2D eigenvalue weighted by Gasteiger charge is -2.37. The molecular formula is C12H20N2O3. The molecule has 96 valence electrons. The van der Waals surface area contributed by atoms with E-state index in [1.54, 1.807) is 20.8 Å². The van der Waals surface area contributed by atoms with Crippen LogP contribution < -0.4 is 0 Å². The van der Waals surface area contributed by atoms with E-state index in [-0.39, 0.29) is 13.2 Å². The van der Waals surface area contributed by atoms with Crippen LogP contribution in [0.5, 0.6) is 0 Å². The van der Waals surface area contributed by atoms with Crippen molar-refractivity contribution in [3.05, 3.63) is 0 Å². The van der Waals surface area contributed by atoms with Gasteiger partial charge in [0.2, 0.25) is 0 Å². The van der Waals surface area contributed by atoms with Crippen molar-refractivity contribution < 1.29 is 14.6 Å². The Morgan fingerprint density at radius 2 is 2.24 bits per heavy atom. The van der Waals surface area contributed by atoms with Gasteiger partial charge in [0.25, 0.3) is 0 Å². The molecule has 0 aromatic carbocycles. The van der Waals surface area contributed by atoms with Gasteiger partial charge in [-0.3, -0.25) is 0 Å². The zero-order chi connectivity index (χ0) is 13.1. The van der Waals surface area contributed by atoms with Gasteiger partial charge in [-0.2, -0.15) is 5.26 Å². The predicted octanol–water partition coefficient (Wildman–Crippen LogP) is 1.52. The normalized spacial score (nSPS) is 25.2. The van der Waals surface area contributed by atoms with E-state index in [9.17, 15) is 9.90 Å². The van der Waals surface area contributed by atoms with E-state index in [2.05, 4.69) is 6.07 Å². The molecule has 1 unspecified atom stereocenters. The van der Waals surface area contributed by atoms with Gasteiger partial charge in [-0.15, -0.1) is 0 Å². The molecule has 0 aliphatic carbocycles. The highest BCUT2D eigenvalue weighted by Gasteiger charge is 2.38. The molecule has 0 saturated carbocycles. The zero-order valence-electron chi connectivity index (χ0n) is 10.7. The zero-order valence-corrected chi connectivity index (χ0v) is 10.7. The average molecular weight is 240 g/mol. The van der Waals surface area contributed by atoms with Gasteiger partial charge in [-0.25, -0.2) is 4.79 Å². The van der Waals surface area contributed by atoms with Gasteiger partial charge in [0.1, 0.15) is 5.60 Å². The number of hydrogen-bond donors (Lipinski definition) is 1. The minimum absolute atomic E-state index is 0.219. The average Bonchev–Trinajstić information content (AvgIpc) is 2.27. The Hall–Kier alpha value is -1.28. The molecule has 5 heteroatoms. The molecule has 1 fully saturated rings. The van der Waals surface area contributed by atoms with Gasteiger partial charge < -0.3 is 14.7 Å². The van der Waals surface area contributed by atoms with E-state index in [0.717, 1.165) is 0 Å². The molecule has 1 N–H and O–H groups in total. The fraction of sp³-hybridized carbons (Fsp3) is 0.833. The molecule has 1 heterocycles. The van der Waals surface area contributed by atoms with Crippen LogP contribution in [0.4, 0.5) is 4.79 Å². The summed E-state index contributed by atoms with van der Waals surface area (Å²) in [6, 6.07) is 2.12. The van der Waals surface area contributed by atoms with Gasteiger partial charge >= 0.3 is 6.09 Å². The van der Waals surface area contributed by atoms with Crippen LogP contribution in [0.3, 0.4) is 0 Å². The Morgan fingerprint density at radius 3 is 2.71 bits per heavy atom. The predicted molar refractivity (Wildman–Crippen MR) is 62.2 cm³/mol. The van der Waals surface area contributed by atoms with Crippen LogP contribution in [0.2, 0.25) is 0 Å². The second-order valence-corrected chi connectivity index (χ2v) is 5.56. The summed E-state index contributed by atoms with van der Waals surface area (Å²) in [5.41, 5.74) is -1.36. The molecule has 1 aliphatic rings. The maximum Gasteiger partial charge on any atom is 0.410 e. The summed E-state index contributed by atoms with van der Waals surface area (Å²) in [5.74, 6) is 0. The SMILES string of the molecule is CC(C)(C)OC(=O)N1CCCC(C#N)(CO)C1. The lowest BCUT2D eigenvalue weighted by Crippen LogP contribution is -2.48. The van der Waals surface area contributed by atoms with E-state index in [4.69, 9.17) is 10.00 Å². The Morgan fingerprint density at radius 1 is 1.59 bits per heavy atom. The minimum atomic E-state index is -0.824. The number of carbonyl (C=O) groups is 1. The molecular weight excluding hydrogens is 220 g/mol. The summed E-state index contributed by atoms with van der Waals surface area (Å²) >= 11 is 0. The number of nitriles is 1. The smallest absolute Gasteiger partial charge is 0.410 e. The number of carbonyl (C=O) groups excluding carboxylic acids is 1. The quantitative estimate of drug-likeness (QED) is 0.754. The van der Waals surface area contributed by atoms with Crippen molar-refractivity contribution in [2.45, 2.75) is 39.2 Å². The first-order valence-electron chi connectivity index (χ1n) is 5.82. The number of likely N-dealkylation sites (tertiary alicyclic amines) is 1. The number of amides is 1. The second kappa shape index (κ2) is 4.92. The van der Waals surface area contributed by atoms with Gasteiger partial charge in [0, 0.05) is 13.1 Å². The number of piperidine rings is 1. The Labute approximate surface area is 102 Å². The van der Waals surface area contributed by atoms with E-state index >= 15 is 0 Å². The highest BCUT2D eigenvalue weighted by atomic mass is 16.6. The fourth-order valence-corrected chi connectivity index (χ4v) is 1.87. The summed E-state index contributed by atoms with van der Waals surface area (Å²) in [4.78, 5) is 13.4. The molecule has 1 rings (SSSR count). The maximum atomic E-state index is 11.8. The second-order valence-electron chi connectivity index (χ2n) is 5.56. The number of nitrogens with zero attached hydrogens (tertiary/aromatic N) is 2. The van der Waals surface area contributed by atoms with Crippen LogP contribution >= 0.6 is 0 Å². The van der Waals surface area contributed by atoms with Gasteiger partial charge in [-0.05, 0) is 33.6 Å². The third-order valence-electron chi connectivity index (χ3n) is 2.77. The summed E-state index contributed by atoms with van der Waals surface area (Å²) in [6.45, 7) is 6.02. The molecule has 1 saturated heterocycles. The first kappa shape index (κ1) is 13.8. The number of aliphatic hydroxyl groups is 1. The minimum Gasteiger partial charge on any atom is -0.444 e. The molecule has 0 aromatic rings. The Kier molecular flexibility index (Phi) is 3.99. The van der Waals surface area contributed by atoms with E-state index < -0.39 is 17.1 Å². The summed E-state index contributed by atoms with van der Waals surface area (Å²) in [5, 5.41) is 18.4. The fourth-order valence-electron chi connectivity index (χ4n) is 1.87.